The van der Waals surface area contributed by atoms with Gasteiger partial charge in [-0.15, -0.1) is 0 Å². The zero-order valence-corrected chi connectivity index (χ0v) is 17.2. The lowest BCUT2D eigenvalue weighted by atomic mass is 10.1. The predicted molar refractivity (Wildman–Crippen MR) is 106 cm³/mol. The van der Waals surface area contributed by atoms with Gasteiger partial charge in [-0.3, -0.25) is 19.4 Å². The van der Waals surface area contributed by atoms with Gasteiger partial charge >= 0.3 is 12.0 Å². The van der Waals surface area contributed by atoms with Gasteiger partial charge in [-0.2, -0.15) is 0 Å². The van der Waals surface area contributed by atoms with Crippen LogP contribution in [0.4, 0.5) is 10.5 Å². The Bertz CT molecular complexity index is 991. The van der Waals surface area contributed by atoms with E-state index in [1.54, 1.807) is 11.9 Å². The van der Waals surface area contributed by atoms with Crippen molar-refractivity contribution in [2.75, 3.05) is 25.6 Å². The van der Waals surface area contributed by atoms with Gasteiger partial charge in [-0.1, -0.05) is 17.7 Å². The smallest absolute Gasteiger partial charge is 0.328 e. The van der Waals surface area contributed by atoms with Crippen molar-refractivity contribution in [3.63, 3.8) is 0 Å². The number of hydrogen-bond acceptors (Lipinski definition) is 7. The Morgan fingerprint density at radius 3 is 2.66 bits per heavy atom. The Balaban J connectivity index is 1.70. The van der Waals surface area contributed by atoms with Crippen LogP contribution in [0.2, 0.25) is 5.02 Å². The minimum atomic E-state index is -0.752. The Labute approximate surface area is 172 Å². The summed E-state index contributed by atoms with van der Waals surface area (Å²) in [6, 6.07) is 4.33. The van der Waals surface area contributed by atoms with E-state index in [4.69, 9.17) is 11.6 Å². The molecule has 0 N–H and O–H groups in total. The second kappa shape index (κ2) is 6.77. The quantitative estimate of drug-likeness (QED) is 0.697. The second-order valence-corrected chi connectivity index (χ2v) is 7.54. The standard InChI is InChI=1S/C19H20ClN5O4/c1-10-5-6-12(7-13(10)20)25-11(2)8-23-15-16(21-18(23)25)22(3)19(28)24(17(15)27)9-14(26)29-4/h5-8,15-16H,9H2,1-4H3. The van der Waals surface area contributed by atoms with E-state index >= 15 is 0 Å². The number of esters is 1. The molecule has 152 valence electrons. The topological polar surface area (TPSA) is 85.8 Å². The van der Waals surface area contributed by atoms with Gasteiger partial charge < -0.3 is 14.5 Å². The Kier molecular flexibility index (Phi) is 4.49. The number of carbonyl (C=O) groups excluding carboxylic acids is 3. The maximum Gasteiger partial charge on any atom is 0.328 e. The summed E-state index contributed by atoms with van der Waals surface area (Å²) in [5.41, 5.74) is 2.62. The Hall–Kier alpha value is -3.07. The van der Waals surface area contributed by atoms with E-state index in [-0.39, 0.29) is 0 Å². The normalized spacial score (nSPS) is 23.2. The summed E-state index contributed by atoms with van der Waals surface area (Å²) in [6.45, 7) is 3.38. The highest BCUT2D eigenvalue weighted by Crippen LogP contribution is 2.37. The van der Waals surface area contributed by atoms with Gasteiger partial charge in [-0.25, -0.2) is 9.79 Å². The predicted octanol–water partition coefficient (Wildman–Crippen LogP) is 1.76. The molecule has 0 aliphatic carbocycles. The van der Waals surface area contributed by atoms with Crippen LogP contribution in [0.3, 0.4) is 0 Å². The first-order chi connectivity index (χ1) is 13.7. The number of imide groups is 1. The van der Waals surface area contributed by atoms with Crippen molar-refractivity contribution >= 4 is 41.2 Å². The van der Waals surface area contributed by atoms with Crippen molar-refractivity contribution in [2.24, 2.45) is 4.99 Å². The van der Waals surface area contributed by atoms with Crippen LogP contribution < -0.4 is 4.90 Å². The molecule has 1 fully saturated rings. The molecule has 1 aromatic rings. The van der Waals surface area contributed by atoms with Crippen molar-refractivity contribution in [1.82, 2.24) is 14.7 Å². The van der Waals surface area contributed by atoms with Gasteiger partial charge in [0.25, 0.3) is 5.91 Å². The number of rotatable bonds is 3. The fourth-order valence-corrected chi connectivity index (χ4v) is 3.91. The molecule has 4 rings (SSSR count). The first kappa shape index (κ1) is 19.3. The van der Waals surface area contributed by atoms with E-state index in [1.807, 2.05) is 43.1 Å². The minimum absolute atomic E-state index is 0.440. The summed E-state index contributed by atoms with van der Waals surface area (Å²) in [5.74, 6) is -0.623. The number of ether oxygens (including phenoxy) is 1. The molecule has 9 nitrogen and oxygen atoms in total. The molecule has 3 aliphatic heterocycles. The lowest BCUT2D eigenvalue weighted by molar-refractivity contribution is -0.148. The maximum absolute atomic E-state index is 13.1. The molecule has 10 heteroatoms. The number of guanidine groups is 1. The molecule has 29 heavy (non-hydrogen) atoms. The van der Waals surface area contributed by atoms with Crippen LogP contribution in [0.15, 0.2) is 35.1 Å². The largest absolute Gasteiger partial charge is 0.468 e. The van der Waals surface area contributed by atoms with Crippen LogP contribution in [-0.2, 0) is 14.3 Å². The van der Waals surface area contributed by atoms with Gasteiger partial charge in [0.15, 0.2) is 12.2 Å². The fourth-order valence-electron chi connectivity index (χ4n) is 3.73. The molecule has 2 unspecified atom stereocenters. The molecule has 0 spiro atoms. The van der Waals surface area contributed by atoms with Crippen molar-refractivity contribution in [2.45, 2.75) is 26.1 Å². The lowest BCUT2D eigenvalue weighted by Gasteiger charge is -2.39. The number of aliphatic imine (C=N–C) groups is 1. The monoisotopic (exact) mass is 417 g/mol. The van der Waals surface area contributed by atoms with Crippen LogP contribution in [0, 0.1) is 6.92 Å². The molecule has 2 atom stereocenters. The number of urea groups is 1. The van der Waals surface area contributed by atoms with Crippen LogP contribution in [0.1, 0.15) is 12.5 Å². The fraction of sp³-hybridized carbons (Fsp3) is 0.368. The molecular weight excluding hydrogens is 398 g/mol. The molecule has 3 amide bonds. The highest BCUT2D eigenvalue weighted by molar-refractivity contribution is 6.31. The highest BCUT2D eigenvalue weighted by Gasteiger charge is 2.54. The summed E-state index contributed by atoms with van der Waals surface area (Å²) in [4.78, 5) is 48.0. The average Bonchev–Trinajstić information content (AvgIpc) is 3.20. The average molecular weight is 418 g/mol. The highest BCUT2D eigenvalue weighted by atomic mass is 35.5. The number of nitrogens with zero attached hydrogens (tertiary/aromatic N) is 5. The lowest BCUT2D eigenvalue weighted by Crippen LogP contribution is -2.65. The molecule has 1 aromatic carbocycles. The molecule has 3 heterocycles. The van der Waals surface area contributed by atoms with E-state index in [1.165, 1.54) is 12.0 Å². The van der Waals surface area contributed by atoms with Crippen LogP contribution in [-0.4, -0.2) is 71.5 Å². The van der Waals surface area contributed by atoms with Gasteiger partial charge in [0.1, 0.15) is 6.54 Å². The number of carbonyl (C=O) groups is 3. The van der Waals surface area contributed by atoms with E-state index in [9.17, 15) is 14.4 Å². The number of likely N-dealkylation sites (N-methyl/N-ethyl adjacent to an activating group) is 1. The summed E-state index contributed by atoms with van der Waals surface area (Å²) in [6.07, 6.45) is 1.13. The van der Waals surface area contributed by atoms with Crippen molar-refractivity contribution in [3.05, 3.63) is 40.7 Å². The van der Waals surface area contributed by atoms with Gasteiger partial charge in [-0.05, 0) is 31.5 Å². The van der Waals surface area contributed by atoms with Gasteiger partial charge in [0.2, 0.25) is 5.96 Å². The summed E-state index contributed by atoms with van der Waals surface area (Å²) < 4.78 is 4.62. The molecule has 3 aliphatic rings. The molecule has 0 bridgehead atoms. The van der Waals surface area contributed by atoms with Crippen LogP contribution in [0.5, 0.6) is 0 Å². The van der Waals surface area contributed by atoms with Crippen molar-refractivity contribution in [1.29, 1.82) is 0 Å². The SMILES string of the molecule is COC(=O)CN1C(=O)C2C(N=C3N(c4ccc(C)c(Cl)c4)C(C)=CN32)N(C)C1=O. The van der Waals surface area contributed by atoms with E-state index in [2.05, 4.69) is 9.73 Å². The number of aryl methyl sites for hydroxylation is 1. The third-order valence-corrected chi connectivity index (χ3v) is 5.72. The Morgan fingerprint density at radius 2 is 2.00 bits per heavy atom. The number of halogens is 1. The second-order valence-electron chi connectivity index (χ2n) is 7.13. The van der Waals surface area contributed by atoms with Crippen LogP contribution in [0.25, 0.3) is 0 Å². The first-order valence-corrected chi connectivity index (χ1v) is 9.38. The third-order valence-electron chi connectivity index (χ3n) is 5.32. The number of hydrogen-bond donors (Lipinski definition) is 0. The van der Waals surface area contributed by atoms with Gasteiger partial charge in [0.05, 0.1) is 12.8 Å². The first-order valence-electron chi connectivity index (χ1n) is 9.00. The van der Waals surface area contributed by atoms with Crippen molar-refractivity contribution in [3.8, 4) is 0 Å². The third kappa shape index (κ3) is 2.84. The molecular formula is C19H20ClN5O4. The number of anilines is 1. The van der Waals surface area contributed by atoms with Gasteiger partial charge in [0, 0.05) is 24.0 Å². The molecule has 1 saturated heterocycles. The van der Waals surface area contributed by atoms with Crippen molar-refractivity contribution < 1.29 is 19.1 Å². The van der Waals surface area contributed by atoms with Crippen LogP contribution >= 0.6 is 11.6 Å². The summed E-state index contributed by atoms with van der Waals surface area (Å²) in [5, 5.41) is 0.623. The molecule has 0 aromatic heterocycles. The van der Waals surface area contributed by atoms with E-state index in [0.29, 0.717) is 11.0 Å². The minimum Gasteiger partial charge on any atom is -0.468 e. The number of allylic oxidation sites excluding steroid dienone is 1. The molecule has 0 saturated carbocycles. The van der Waals surface area contributed by atoms with E-state index in [0.717, 1.165) is 21.8 Å². The number of benzene rings is 1. The summed E-state index contributed by atoms with van der Waals surface area (Å²) in [7, 11) is 2.77. The number of fused-ring (bicyclic) bond motifs is 3. The Morgan fingerprint density at radius 1 is 1.28 bits per heavy atom. The summed E-state index contributed by atoms with van der Waals surface area (Å²) >= 11 is 6.29. The zero-order valence-electron chi connectivity index (χ0n) is 16.4. The number of amides is 3. The number of methoxy groups -OCH3 is 1. The maximum atomic E-state index is 13.1. The van der Waals surface area contributed by atoms with E-state index < -0.39 is 36.7 Å². The zero-order chi connectivity index (χ0) is 21.0. The molecule has 0 radical (unpaired) electrons.